The zero-order valence-electron chi connectivity index (χ0n) is 21.1. The minimum atomic E-state index is 0.00475. The Morgan fingerprint density at radius 3 is 2.47 bits per heavy atom. The van der Waals surface area contributed by atoms with Crippen LogP contribution in [0.3, 0.4) is 0 Å². The number of aromatic nitrogens is 2. The number of fused-ring (bicyclic) bond motifs is 1. The van der Waals surface area contributed by atoms with E-state index in [-0.39, 0.29) is 24.4 Å². The van der Waals surface area contributed by atoms with Gasteiger partial charge in [0.2, 0.25) is 0 Å². The molecule has 1 heterocycles. The fourth-order valence-corrected chi connectivity index (χ4v) is 4.63. The number of hydrogen-bond donors (Lipinski definition) is 2. The number of halogens is 1. The first-order valence-electron chi connectivity index (χ1n) is 12.5. The van der Waals surface area contributed by atoms with Crippen LogP contribution in [0.1, 0.15) is 55.1 Å². The summed E-state index contributed by atoms with van der Waals surface area (Å²) in [4.78, 5) is 21.1. The van der Waals surface area contributed by atoms with Crippen LogP contribution in [0.5, 0.6) is 5.75 Å². The van der Waals surface area contributed by atoms with Gasteiger partial charge in [0.1, 0.15) is 11.6 Å². The van der Waals surface area contributed by atoms with Crippen molar-refractivity contribution in [3.63, 3.8) is 0 Å². The molecule has 0 bridgehead atoms. The second-order valence-corrected chi connectivity index (χ2v) is 9.92. The Kier molecular flexibility index (Phi) is 8.44. The van der Waals surface area contributed by atoms with Gasteiger partial charge in [-0.15, -0.1) is 0 Å². The van der Waals surface area contributed by atoms with Gasteiger partial charge < -0.3 is 14.8 Å². The van der Waals surface area contributed by atoms with Crippen LogP contribution in [-0.2, 0) is 12.8 Å². The third-order valence-corrected chi connectivity index (χ3v) is 6.63. The van der Waals surface area contributed by atoms with Gasteiger partial charge >= 0.3 is 0 Å². The molecule has 1 aromatic heterocycles. The SMILES string of the molecule is CCc1ccc2nc(-c3ccc(C[C@@H](CCO)CC(=O)c4ccc(OC(C)C)c(Cl)c4)cc3)[nH]c2c1. The Morgan fingerprint density at radius 2 is 1.81 bits per heavy atom. The average Bonchev–Trinajstić information content (AvgIpc) is 3.29. The number of aliphatic hydroxyl groups excluding tert-OH is 1. The second kappa shape index (κ2) is 11.7. The summed E-state index contributed by atoms with van der Waals surface area (Å²) in [5.74, 6) is 1.45. The standard InChI is InChI=1S/C30H33ClN2O3/c1-4-20-7-11-26-27(16-20)33-30(32-26)23-8-5-21(6-9-23)15-22(13-14-34)17-28(35)24-10-12-29(25(31)18-24)36-19(2)3/h5-12,16,18-19,22,34H,4,13-15,17H2,1-3H3,(H,32,33)/t22-/m1/s1. The number of Topliss-reactive ketones (excluding diaryl/α,β-unsaturated/α-hetero) is 1. The zero-order valence-corrected chi connectivity index (χ0v) is 21.8. The minimum Gasteiger partial charge on any atom is -0.489 e. The number of carbonyl (C=O) groups is 1. The summed E-state index contributed by atoms with van der Waals surface area (Å²) in [6.07, 6.45) is 2.59. The lowest BCUT2D eigenvalue weighted by atomic mass is 9.89. The van der Waals surface area contributed by atoms with Crippen LogP contribution in [0.4, 0.5) is 0 Å². The van der Waals surface area contributed by atoms with E-state index in [1.54, 1.807) is 18.2 Å². The molecular formula is C30H33ClN2O3. The number of benzene rings is 3. The van der Waals surface area contributed by atoms with Crippen molar-refractivity contribution < 1.29 is 14.6 Å². The largest absolute Gasteiger partial charge is 0.489 e. The maximum absolute atomic E-state index is 13.0. The number of ether oxygens (including phenoxy) is 1. The number of aromatic amines is 1. The molecule has 4 rings (SSSR count). The molecule has 6 heteroatoms. The molecule has 0 aliphatic carbocycles. The first kappa shape index (κ1) is 25.9. The van der Waals surface area contributed by atoms with Crippen LogP contribution in [-0.4, -0.2) is 33.6 Å². The van der Waals surface area contributed by atoms with Crippen molar-refractivity contribution in [1.29, 1.82) is 0 Å². The molecule has 0 spiro atoms. The highest BCUT2D eigenvalue weighted by Crippen LogP contribution is 2.28. The first-order chi connectivity index (χ1) is 17.4. The highest BCUT2D eigenvalue weighted by atomic mass is 35.5. The molecule has 3 aromatic carbocycles. The van der Waals surface area contributed by atoms with Gasteiger partial charge in [-0.2, -0.15) is 0 Å². The summed E-state index contributed by atoms with van der Waals surface area (Å²) >= 11 is 6.33. The molecule has 0 aliphatic rings. The van der Waals surface area contributed by atoms with E-state index in [0.717, 1.165) is 34.4 Å². The number of rotatable bonds is 11. The molecule has 2 N–H and O–H groups in total. The number of ketones is 1. The van der Waals surface area contributed by atoms with E-state index in [9.17, 15) is 9.90 Å². The number of nitrogens with one attached hydrogen (secondary N) is 1. The number of carbonyl (C=O) groups excluding carboxylic acids is 1. The van der Waals surface area contributed by atoms with Crippen LogP contribution in [0, 0.1) is 5.92 Å². The van der Waals surface area contributed by atoms with E-state index in [4.69, 9.17) is 21.3 Å². The molecule has 0 aliphatic heterocycles. The number of aryl methyl sites for hydroxylation is 1. The molecule has 0 amide bonds. The third-order valence-electron chi connectivity index (χ3n) is 6.33. The van der Waals surface area contributed by atoms with Gasteiger partial charge in [0, 0.05) is 24.2 Å². The van der Waals surface area contributed by atoms with E-state index in [2.05, 4.69) is 54.4 Å². The Bertz CT molecular complexity index is 1330. The molecule has 36 heavy (non-hydrogen) atoms. The van der Waals surface area contributed by atoms with Crippen LogP contribution >= 0.6 is 11.6 Å². The Balaban J connectivity index is 1.44. The van der Waals surface area contributed by atoms with E-state index >= 15 is 0 Å². The van der Waals surface area contributed by atoms with Crippen molar-refractivity contribution in [2.24, 2.45) is 5.92 Å². The van der Waals surface area contributed by atoms with E-state index < -0.39 is 0 Å². The average molecular weight is 505 g/mol. The lowest BCUT2D eigenvalue weighted by molar-refractivity contribution is 0.0953. The molecule has 0 radical (unpaired) electrons. The van der Waals surface area contributed by atoms with Gasteiger partial charge in [-0.05, 0) is 80.5 Å². The highest BCUT2D eigenvalue weighted by molar-refractivity contribution is 6.32. The molecule has 1 atom stereocenters. The summed E-state index contributed by atoms with van der Waals surface area (Å²) in [6.45, 7) is 6.04. The fourth-order valence-electron chi connectivity index (χ4n) is 4.41. The van der Waals surface area contributed by atoms with Crippen molar-refractivity contribution in [2.45, 2.75) is 52.6 Å². The maximum atomic E-state index is 13.0. The zero-order chi connectivity index (χ0) is 25.7. The molecule has 0 saturated heterocycles. The summed E-state index contributed by atoms with van der Waals surface area (Å²) < 4.78 is 5.66. The van der Waals surface area contributed by atoms with Crippen molar-refractivity contribution in [3.8, 4) is 17.1 Å². The number of nitrogens with zero attached hydrogens (tertiary/aromatic N) is 1. The number of aliphatic hydroxyl groups is 1. The number of imidazole rings is 1. The van der Waals surface area contributed by atoms with Crippen LogP contribution in [0.15, 0.2) is 60.7 Å². The van der Waals surface area contributed by atoms with Gasteiger partial charge in [0.25, 0.3) is 0 Å². The number of hydrogen-bond acceptors (Lipinski definition) is 4. The van der Waals surface area contributed by atoms with Crippen molar-refractivity contribution in [1.82, 2.24) is 9.97 Å². The molecule has 0 fully saturated rings. The van der Waals surface area contributed by atoms with Gasteiger partial charge in [-0.3, -0.25) is 4.79 Å². The van der Waals surface area contributed by atoms with Crippen molar-refractivity contribution >= 4 is 28.4 Å². The van der Waals surface area contributed by atoms with Gasteiger partial charge in [-0.1, -0.05) is 48.9 Å². The van der Waals surface area contributed by atoms with Crippen LogP contribution in [0.2, 0.25) is 5.02 Å². The van der Waals surface area contributed by atoms with Gasteiger partial charge in [0.15, 0.2) is 5.78 Å². The smallest absolute Gasteiger partial charge is 0.163 e. The molecule has 5 nitrogen and oxygen atoms in total. The minimum absolute atomic E-state index is 0.00475. The molecule has 0 saturated carbocycles. The quantitative estimate of drug-likeness (QED) is 0.215. The Hall–Kier alpha value is -3.15. The number of H-pyrrole nitrogens is 1. The predicted molar refractivity (Wildman–Crippen MR) is 146 cm³/mol. The highest BCUT2D eigenvalue weighted by Gasteiger charge is 2.18. The van der Waals surface area contributed by atoms with Crippen LogP contribution < -0.4 is 4.74 Å². The maximum Gasteiger partial charge on any atom is 0.163 e. The molecule has 4 aromatic rings. The molecular weight excluding hydrogens is 472 g/mol. The lowest BCUT2D eigenvalue weighted by Gasteiger charge is -2.16. The third kappa shape index (κ3) is 6.34. The topological polar surface area (TPSA) is 75.2 Å². The monoisotopic (exact) mass is 504 g/mol. The summed E-state index contributed by atoms with van der Waals surface area (Å²) in [7, 11) is 0. The van der Waals surface area contributed by atoms with E-state index in [1.165, 1.54) is 5.56 Å². The Morgan fingerprint density at radius 1 is 1.06 bits per heavy atom. The van der Waals surface area contributed by atoms with Crippen molar-refractivity contribution in [3.05, 3.63) is 82.4 Å². The van der Waals surface area contributed by atoms with Crippen molar-refractivity contribution in [2.75, 3.05) is 6.61 Å². The molecule has 0 unspecified atom stereocenters. The summed E-state index contributed by atoms with van der Waals surface area (Å²) in [5, 5.41) is 10.0. The first-order valence-corrected chi connectivity index (χ1v) is 12.9. The molecule has 188 valence electrons. The lowest BCUT2D eigenvalue weighted by Crippen LogP contribution is -2.13. The van der Waals surface area contributed by atoms with Gasteiger partial charge in [-0.25, -0.2) is 4.98 Å². The summed E-state index contributed by atoms with van der Waals surface area (Å²) in [5.41, 5.74) is 5.97. The summed E-state index contributed by atoms with van der Waals surface area (Å²) in [6, 6.07) is 19.7. The predicted octanol–water partition coefficient (Wildman–Crippen LogP) is 7.05. The van der Waals surface area contributed by atoms with Crippen LogP contribution in [0.25, 0.3) is 22.4 Å². The second-order valence-electron chi connectivity index (χ2n) is 9.51. The van der Waals surface area contributed by atoms with E-state index in [0.29, 0.717) is 35.6 Å². The fraction of sp³-hybridized carbons (Fsp3) is 0.333. The van der Waals surface area contributed by atoms with E-state index in [1.807, 2.05) is 13.8 Å². The Labute approximate surface area is 217 Å². The van der Waals surface area contributed by atoms with Gasteiger partial charge in [0.05, 0.1) is 22.2 Å². The normalized spacial score (nSPS) is 12.3.